The van der Waals surface area contributed by atoms with Crippen molar-refractivity contribution in [3.63, 3.8) is 0 Å². The van der Waals surface area contributed by atoms with Crippen LogP contribution in [0.5, 0.6) is 0 Å². The predicted octanol–water partition coefficient (Wildman–Crippen LogP) is 0.908. The lowest BCUT2D eigenvalue weighted by molar-refractivity contribution is 0.0358. The molecule has 2 aliphatic rings. The Morgan fingerprint density at radius 1 is 1.28 bits per heavy atom. The molecule has 0 bridgehead atoms. The van der Waals surface area contributed by atoms with Gasteiger partial charge in [-0.2, -0.15) is 0 Å². The molecule has 0 unspecified atom stereocenters. The Morgan fingerprint density at radius 3 is 2.80 bits per heavy atom. The van der Waals surface area contributed by atoms with Gasteiger partial charge in [0.1, 0.15) is 17.7 Å². The van der Waals surface area contributed by atoms with Crippen LogP contribution < -0.4 is 4.90 Å². The van der Waals surface area contributed by atoms with Gasteiger partial charge in [-0.15, -0.1) is 0 Å². The topological polar surface area (TPSA) is 93.4 Å². The maximum absolute atomic E-state index is 12.0. The minimum Gasteiger partial charge on any atom is -0.465 e. The maximum atomic E-state index is 12.0. The minimum absolute atomic E-state index is 0.0502. The Hall–Kier alpha value is -2.48. The van der Waals surface area contributed by atoms with Crippen molar-refractivity contribution >= 4 is 11.8 Å². The molecule has 0 radical (unpaired) electrons. The van der Waals surface area contributed by atoms with Gasteiger partial charge in [0.2, 0.25) is 0 Å². The van der Waals surface area contributed by atoms with E-state index in [4.69, 9.17) is 4.74 Å². The van der Waals surface area contributed by atoms with Gasteiger partial charge in [0.25, 0.3) is 0 Å². The second-order valence-electron chi connectivity index (χ2n) is 6.79. The van der Waals surface area contributed by atoms with Crippen molar-refractivity contribution in [2.24, 2.45) is 11.8 Å². The third-order valence-corrected chi connectivity index (χ3v) is 5.41. The standard InChI is InChI=1S/C17H21N5O3/c1-25-17(24)13-6-19-9-20-16(13)22-7-11-4-14(21-3-2-18-10-21)15(23)5-12(11)8-22/h2-3,6,9-12,14-15,23H,4-5,7-8H2,1H3/t11-,12+,14-,15-/m1/s1. The number of anilines is 1. The van der Waals surface area contributed by atoms with Gasteiger partial charge in [0, 0.05) is 31.7 Å². The molecule has 1 saturated carbocycles. The van der Waals surface area contributed by atoms with Crippen molar-refractivity contribution in [2.75, 3.05) is 25.1 Å². The summed E-state index contributed by atoms with van der Waals surface area (Å²) in [5, 5.41) is 10.6. The zero-order valence-electron chi connectivity index (χ0n) is 14.0. The molecule has 2 fully saturated rings. The van der Waals surface area contributed by atoms with Crippen LogP contribution >= 0.6 is 0 Å². The van der Waals surface area contributed by atoms with E-state index in [9.17, 15) is 9.90 Å². The number of ether oxygens (including phenoxy) is 1. The number of nitrogens with zero attached hydrogens (tertiary/aromatic N) is 5. The predicted molar refractivity (Wildman–Crippen MR) is 89.1 cm³/mol. The van der Waals surface area contributed by atoms with Gasteiger partial charge in [-0.05, 0) is 24.7 Å². The number of hydrogen-bond donors (Lipinski definition) is 1. The molecule has 0 amide bonds. The number of aliphatic hydroxyl groups excluding tert-OH is 1. The summed E-state index contributed by atoms with van der Waals surface area (Å²) in [6.07, 6.45) is 9.59. The monoisotopic (exact) mass is 343 g/mol. The molecular formula is C17H21N5O3. The highest BCUT2D eigenvalue weighted by Crippen LogP contribution is 2.42. The Kier molecular flexibility index (Phi) is 4.12. The molecule has 0 aromatic carbocycles. The van der Waals surface area contributed by atoms with E-state index in [1.54, 1.807) is 12.5 Å². The number of methoxy groups -OCH3 is 1. The van der Waals surface area contributed by atoms with Gasteiger partial charge >= 0.3 is 5.97 Å². The van der Waals surface area contributed by atoms with Crippen LogP contribution in [0.3, 0.4) is 0 Å². The number of carbonyl (C=O) groups is 1. The number of aromatic nitrogens is 4. The number of imidazole rings is 1. The SMILES string of the molecule is COC(=O)c1cncnc1N1C[C@H]2C[C@@H](n3ccnc3)[C@H](O)C[C@H]2C1. The van der Waals surface area contributed by atoms with Gasteiger partial charge in [-0.3, -0.25) is 0 Å². The summed E-state index contributed by atoms with van der Waals surface area (Å²) in [5.41, 5.74) is 0.385. The third-order valence-electron chi connectivity index (χ3n) is 5.41. The van der Waals surface area contributed by atoms with E-state index >= 15 is 0 Å². The molecule has 1 aliphatic carbocycles. The van der Waals surface area contributed by atoms with Crippen LogP contribution in [0, 0.1) is 11.8 Å². The van der Waals surface area contributed by atoms with Crippen molar-refractivity contribution in [2.45, 2.75) is 25.0 Å². The zero-order chi connectivity index (χ0) is 17.4. The summed E-state index contributed by atoms with van der Waals surface area (Å²) in [5.74, 6) is 1.01. The molecule has 25 heavy (non-hydrogen) atoms. The molecule has 4 atom stereocenters. The van der Waals surface area contributed by atoms with E-state index in [1.165, 1.54) is 19.6 Å². The molecule has 3 heterocycles. The number of fused-ring (bicyclic) bond motifs is 1. The number of rotatable bonds is 3. The number of aliphatic hydroxyl groups is 1. The van der Waals surface area contributed by atoms with E-state index < -0.39 is 5.97 Å². The van der Waals surface area contributed by atoms with Crippen molar-refractivity contribution in [3.05, 3.63) is 36.8 Å². The molecule has 1 aliphatic heterocycles. The van der Waals surface area contributed by atoms with E-state index in [1.807, 2.05) is 10.8 Å². The van der Waals surface area contributed by atoms with Crippen LogP contribution in [0.25, 0.3) is 0 Å². The van der Waals surface area contributed by atoms with Crippen LogP contribution in [-0.4, -0.2) is 56.9 Å². The molecule has 132 valence electrons. The largest absolute Gasteiger partial charge is 0.465 e. The fraction of sp³-hybridized carbons (Fsp3) is 0.529. The highest BCUT2D eigenvalue weighted by Gasteiger charge is 2.43. The summed E-state index contributed by atoms with van der Waals surface area (Å²) >= 11 is 0. The van der Waals surface area contributed by atoms with Crippen LogP contribution in [-0.2, 0) is 4.74 Å². The average molecular weight is 343 g/mol. The number of hydrogen-bond acceptors (Lipinski definition) is 7. The Balaban J connectivity index is 1.55. The summed E-state index contributed by atoms with van der Waals surface area (Å²) in [6.45, 7) is 1.59. The number of carbonyl (C=O) groups excluding carboxylic acids is 1. The molecule has 8 nitrogen and oxygen atoms in total. The van der Waals surface area contributed by atoms with E-state index in [2.05, 4.69) is 19.9 Å². The van der Waals surface area contributed by atoms with Crippen LogP contribution in [0.15, 0.2) is 31.2 Å². The van der Waals surface area contributed by atoms with Crippen LogP contribution in [0.1, 0.15) is 29.2 Å². The fourth-order valence-electron chi connectivity index (χ4n) is 4.20. The van der Waals surface area contributed by atoms with Gasteiger partial charge in [0.05, 0.1) is 25.6 Å². The van der Waals surface area contributed by atoms with Crippen LogP contribution in [0.4, 0.5) is 5.82 Å². The summed E-state index contributed by atoms with van der Waals surface area (Å²) < 4.78 is 6.84. The molecule has 4 rings (SSSR count). The Labute approximate surface area is 145 Å². The minimum atomic E-state index is -0.429. The lowest BCUT2D eigenvalue weighted by Gasteiger charge is -2.35. The molecular weight excluding hydrogens is 322 g/mol. The highest BCUT2D eigenvalue weighted by molar-refractivity contribution is 5.94. The quantitative estimate of drug-likeness (QED) is 0.828. The van der Waals surface area contributed by atoms with Gasteiger partial charge in [0.15, 0.2) is 0 Å². The first-order chi connectivity index (χ1) is 12.2. The second kappa shape index (κ2) is 6.44. The van der Waals surface area contributed by atoms with Crippen molar-refractivity contribution < 1.29 is 14.6 Å². The summed E-state index contributed by atoms with van der Waals surface area (Å²) in [7, 11) is 1.36. The lowest BCUT2D eigenvalue weighted by atomic mass is 9.77. The number of esters is 1. The molecule has 2 aromatic heterocycles. The highest BCUT2D eigenvalue weighted by atomic mass is 16.5. The average Bonchev–Trinajstić information content (AvgIpc) is 3.29. The first-order valence-electron chi connectivity index (χ1n) is 8.46. The molecule has 8 heteroatoms. The maximum Gasteiger partial charge on any atom is 0.343 e. The Morgan fingerprint density at radius 2 is 2.08 bits per heavy atom. The third kappa shape index (κ3) is 2.86. The summed E-state index contributed by atoms with van der Waals surface area (Å²) in [6, 6.07) is 0.0502. The molecule has 1 N–H and O–H groups in total. The normalized spacial score (nSPS) is 28.6. The molecule has 1 saturated heterocycles. The van der Waals surface area contributed by atoms with Crippen molar-refractivity contribution in [1.29, 1.82) is 0 Å². The lowest BCUT2D eigenvalue weighted by Crippen LogP contribution is -2.35. The van der Waals surface area contributed by atoms with Crippen LogP contribution in [0.2, 0.25) is 0 Å². The first-order valence-corrected chi connectivity index (χ1v) is 8.46. The smallest absolute Gasteiger partial charge is 0.343 e. The molecule has 2 aromatic rings. The van der Waals surface area contributed by atoms with E-state index in [-0.39, 0.29) is 12.1 Å². The first kappa shape index (κ1) is 16.0. The second-order valence-corrected chi connectivity index (χ2v) is 6.79. The van der Waals surface area contributed by atoms with Gasteiger partial charge in [-0.25, -0.2) is 19.7 Å². The Bertz CT molecular complexity index is 751. The van der Waals surface area contributed by atoms with Crippen molar-refractivity contribution in [1.82, 2.24) is 19.5 Å². The summed E-state index contributed by atoms with van der Waals surface area (Å²) in [4.78, 5) is 26.5. The van der Waals surface area contributed by atoms with E-state index in [0.29, 0.717) is 23.2 Å². The van der Waals surface area contributed by atoms with Gasteiger partial charge < -0.3 is 19.3 Å². The fourth-order valence-corrected chi connectivity index (χ4v) is 4.20. The molecule has 0 spiro atoms. The van der Waals surface area contributed by atoms with Crippen molar-refractivity contribution in [3.8, 4) is 0 Å². The van der Waals surface area contributed by atoms with Gasteiger partial charge in [-0.1, -0.05) is 0 Å². The van der Waals surface area contributed by atoms with E-state index in [0.717, 1.165) is 25.9 Å². The zero-order valence-corrected chi connectivity index (χ0v) is 14.0.